The third-order valence-electron chi connectivity index (χ3n) is 5.87. The Morgan fingerprint density at radius 3 is 2.57 bits per heavy atom. The number of rotatable bonds is 4. The van der Waals surface area contributed by atoms with Crippen molar-refractivity contribution >= 4 is 22.9 Å². The van der Waals surface area contributed by atoms with Gasteiger partial charge in [0.2, 0.25) is 0 Å². The molecule has 2 aliphatic rings. The largest absolute Gasteiger partial charge is 0.465 e. The summed E-state index contributed by atoms with van der Waals surface area (Å²) in [5.41, 5.74) is 4.67. The molecule has 1 aromatic heterocycles. The summed E-state index contributed by atoms with van der Waals surface area (Å²) in [6, 6.07) is 14.4. The highest BCUT2D eigenvalue weighted by molar-refractivity contribution is 5.99. The fraction of sp³-hybridized carbons (Fsp3) is 0.280. The summed E-state index contributed by atoms with van der Waals surface area (Å²) in [7, 11) is 0. The van der Waals surface area contributed by atoms with Gasteiger partial charge in [0.25, 0.3) is 0 Å². The van der Waals surface area contributed by atoms with Gasteiger partial charge in [-0.05, 0) is 36.6 Å². The monoisotopic (exact) mass is 403 g/mol. The lowest BCUT2D eigenvalue weighted by atomic mass is 9.90. The molecule has 4 nitrogen and oxygen atoms in total. The summed E-state index contributed by atoms with van der Waals surface area (Å²) in [5, 5.41) is 11.3. The molecule has 2 heterocycles. The Kier molecular flexibility index (Phi) is 4.83. The van der Waals surface area contributed by atoms with Crippen LogP contribution in [0.3, 0.4) is 0 Å². The van der Waals surface area contributed by atoms with Gasteiger partial charge in [-0.15, -0.1) is 0 Å². The molecule has 0 radical (unpaired) electrons. The first-order chi connectivity index (χ1) is 14.6. The number of esters is 1. The van der Waals surface area contributed by atoms with Crippen molar-refractivity contribution in [3.05, 3.63) is 71.7 Å². The van der Waals surface area contributed by atoms with Crippen molar-refractivity contribution in [1.29, 1.82) is 0 Å². The van der Waals surface area contributed by atoms with E-state index in [1.54, 1.807) is 18.2 Å². The molecular weight excluding hydrogens is 381 g/mol. The normalized spacial score (nSPS) is 21.9. The number of pyridine rings is 1. The molecule has 2 unspecified atom stereocenters. The van der Waals surface area contributed by atoms with Gasteiger partial charge in [0, 0.05) is 28.9 Å². The maximum Gasteiger partial charge on any atom is 0.315 e. The zero-order chi connectivity index (χ0) is 20.7. The molecular formula is C25H22FNO3. The number of aromatic nitrogens is 1. The van der Waals surface area contributed by atoms with E-state index in [0.717, 1.165) is 46.1 Å². The first-order valence-corrected chi connectivity index (χ1v) is 10.3. The molecule has 152 valence electrons. The van der Waals surface area contributed by atoms with Gasteiger partial charge in [0.05, 0.1) is 23.9 Å². The molecule has 0 spiro atoms. The lowest BCUT2D eigenvalue weighted by Crippen LogP contribution is -2.34. The van der Waals surface area contributed by atoms with Gasteiger partial charge in [0.1, 0.15) is 11.7 Å². The molecule has 1 saturated heterocycles. The first kappa shape index (κ1) is 18.9. The van der Waals surface area contributed by atoms with Gasteiger partial charge in [-0.3, -0.25) is 9.78 Å². The predicted octanol–water partition coefficient (Wildman–Crippen LogP) is 4.86. The second-order valence-electron chi connectivity index (χ2n) is 7.99. The Bertz CT molecular complexity index is 1140. The average Bonchev–Trinajstić information content (AvgIpc) is 3.59. The van der Waals surface area contributed by atoms with E-state index in [0.29, 0.717) is 12.3 Å². The topological polar surface area (TPSA) is 59.4 Å². The number of fused-ring (bicyclic) bond motifs is 1. The van der Waals surface area contributed by atoms with Crippen LogP contribution in [0.15, 0.2) is 54.6 Å². The highest BCUT2D eigenvalue weighted by Gasteiger charge is 2.32. The Morgan fingerprint density at radius 1 is 1.07 bits per heavy atom. The molecule has 2 aromatic carbocycles. The summed E-state index contributed by atoms with van der Waals surface area (Å²) < 4.78 is 18.7. The number of hydrogen-bond acceptors (Lipinski definition) is 4. The van der Waals surface area contributed by atoms with E-state index in [2.05, 4.69) is 0 Å². The van der Waals surface area contributed by atoms with Crippen LogP contribution in [0.4, 0.5) is 4.39 Å². The van der Waals surface area contributed by atoms with Crippen LogP contribution in [0.1, 0.15) is 36.4 Å². The van der Waals surface area contributed by atoms with Gasteiger partial charge >= 0.3 is 5.97 Å². The van der Waals surface area contributed by atoms with Crippen molar-refractivity contribution in [2.24, 2.45) is 5.92 Å². The molecule has 1 N–H and O–H groups in total. The van der Waals surface area contributed by atoms with Crippen LogP contribution in [-0.2, 0) is 9.53 Å². The van der Waals surface area contributed by atoms with Gasteiger partial charge in [-0.2, -0.15) is 0 Å². The fourth-order valence-electron chi connectivity index (χ4n) is 4.13. The van der Waals surface area contributed by atoms with Crippen molar-refractivity contribution in [3.63, 3.8) is 0 Å². The number of carbonyl (C=O) groups is 1. The number of hydrogen-bond donors (Lipinski definition) is 1. The van der Waals surface area contributed by atoms with E-state index in [1.807, 2.05) is 30.3 Å². The van der Waals surface area contributed by atoms with Crippen molar-refractivity contribution < 1.29 is 19.0 Å². The molecule has 0 amide bonds. The Morgan fingerprint density at radius 2 is 1.83 bits per heavy atom. The Hall–Kier alpha value is -3.05. The molecule has 5 rings (SSSR count). The van der Waals surface area contributed by atoms with Crippen LogP contribution >= 0.6 is 0 Å². The van der Waals surface area contributed by atoms with E-state index >= 15 is 0 Å². The van der Waals surface area contributed by atoms with Crippen molar-refractivity contribution in [1.82, 2.24) is 4.98 Å². The molecule has 30 heavy (non-hydrogen) atoms. The van der Waals surface area contributed by atoms with Crippen molar-refractivity contribution in [2.75, 3.05) is 6.61 Å². The van der Waals surface area contributed by atoms with Gasteiger partial charge < -0.3 is 9.84 Å². The Balaban J connectivity index is 1.71. The van der Waals surface area contributed by atoms with E-state index in [9.17, 15) is 14.3 Å². The van der Waals surface area contributed by atoms with E-state index < -0.39 is 18.0 Å². The fourth-order valence-corrected chi connectivity index (χ4v) is 4.13. The van der Waals surface area contributed by atoms with Crippen LogP contribution in [0.25, 0.3) is 28.1 Å². The first-order valence-electron chi connectivity index (χ1n) is 10.3. The van der Waals surface area contributed by atoms with Gasteiger partial charge in [0.15, 0.2) is 0 Å². The predicted molar refractivity (Wildman–Crippen MR) is 113 cm³/mol. The lowest BCUT2D eigenvalue weighted by Gasteiger charge is -2.24. The lowest BCUT2D eigenvalue weighted by molar-refractivity contribution is -0.157. The molecule has 1 aliphatic carbocycles. The minimum Gasteiger partial charge on any atom is -0.465 e. The summed E-state index contributed by atoms with van der Waals surface area (Å²) in [6.45, 7) is 0.246. The summed E-state index contributed by atoms with van der Waals surface area (Å²) in [5.74, 6) is -1.02. The molecule has 1 saturated carbocycles. The number of halogens is 1. The van der Waals surface area contributed by atoms with Crippen molar-refractivity contribution in [2.45, 2.75) is 31.3 Å². The zero-order valence-electron chi connectivity index (χ0n) is 16.4. The molecule has 0 bridgehead atoms. The quantitative estimate of drug-likeness (QED) is 0.633. The number of aliphatic hydroxyl groups excluding tert-OH is 1. The smallest absolute Gasteiger partial charge is 0.315 e. The molecule has 3 aromatic rings. The number of carbonyl (C=O) groups excluding carboxylic acids is 1. The summed E-state index contributed by atoms with van der Waals surface area (Å²) in [6.07, 6.45) is 5.45. The number of para-hydroxylation sites is 1. The number of ether oxygens (including phenoxy) is 1. The third kappa shape index (κ3) is 3.50. The third-order valence-corrected chi connectivity index (χ3v) is 5.87. The highest BCUT2D eigenvalue weighted by atomic mass is 19.1. The molecule has 5 heteroatoms. The standard InChI is InChI=1S/C25H22FNO3/c26-17-9-7-15(8-10-17)23-18-3-1-2-4-21(18)27-24(16-5-6-16)20(23)12-11-19-22(28)13-14-30-25(19)29/h1-4,7-12,16,19,22,28H,5-6,13-14H2. The number of benzene rings is 2. The van der Waals surface area contributed by atoms with E-state index in [1.165, 1.54) is 12.1 Å². The van der Waals surface area contributed by atoms with Crippen LogP contribution in [0, 0.1) is 11.7 Å². The second-order valence-corrected chi connectivity index (χ2v) is 7.99. The van der Waals surface area contributed by atoms with Gasteiger partial charge in [-0.25, -0.2) is 4.39 Å². The van der Waals surface area contributed by atoms with E-state index in [-0.39, 0.29) is 12.4 Å². The average molecular weight is 403 g/mol. The zero-order valence-corrected chi connectivity index (χ0v) is 16.4. The summed E-state index contributed by atoms with van der Waals surface area (Å²) >= 11 is 0. The summed E-state index contributed by atoms with van der Waals surface area (Å²) in [4.78, 5) is 17.1. The number of aliphatic hydroxyl groups is 1. The molecule has 2 atom stereocenters. The second kappa shape index (κ2) is 7.65. The van der Waals surface area contributed by atoms with Crippen LogP contribution in [0.2, 0.25) is 0 Å². The van der Waals surface area contributed by atoms with E-state index in [4.69, 9.17) is 9.72 Å². The number of cyclic esters (lactones) is 1. The van der Waals surface area contributed by atoms with Crippen LogP contribution in [-0.4, -0.2) is 28.8 Å². The van der Waals surface area contributed by atoms with Crippen LogP contribution in [0.5, 0.6) is 0 Å². The maximum atomic E-state index is 13.6. The minimum absolute atomic E-state index is 0.246. The van der Waals surface area contributed by atoms with Crippen molar-refractivity contribution in [3.8, 4) is 11.1 Å². The highest BCUT2D eigenvalue weighted by Crippen LogP contribution is 2.45. The van der Waals surface area contributed by atoms with Gasteiger partial charge in [-0.1, -0.05) is 42.5 Å². The SMILES string of the molecule is O=C1OCCC(O)C1C=Cc1c(C2CC2)nc2ccccc2c1-c1ccc(F)cc1. The van der Waals surface area contributed by atoms with Crippen LogP contribution < -0.4 is 0 Å². The Labute approximate surface area is 174 Å². The molecule has 1 aliphatic heterocycles. The number of nitrogens with zero attached hydrogens (tertiary/aromatic N) is 1. The maximum absolute atomic E-state index is 13.6. The minimum atomic E-state index is -0.755. The molecule has 2 fully saturated rings.